The molecule has 2 aromatic heterocycles. The lowest BCUT2D eigenvalue weighted by molar-refractivity contribution is 0.380. The van der Waals surface area contributed by atoms with Crippen LogP contribution in [0.2, 0.25) is 0 Å². The highest BCUT2D eigenvalue weighted by Gasteiger charge is 2.45. The van der Waals surface area contributed by atoms with Crippen LogP contribution in [0.3, 0.4) is 0 Å². The van der Waals surface area contributed by atoms with Crippen molar-refractivity contribution in [2.75, 3.05) is 11.9 Å². The third kappa shape index (κ3) is 1.74. The molecule has 1 aliphatic carbocycles. The Morgan fingerprint density at radius 2 is 2.17 bits per heavy atom. The molecule has 0 atom stereocenters. The van der Waals surface area contributed by atoms with Crippen molar-refractivity contribution in [1.29, 1.82) is 0 Å². The minimum atomic E-state index is 0.472. The Labute approximate surface area is 107 Å². The number of aromatic nitrogens is 4. The van der Waals surface area contributed by atoms with Crippen molar-refractivity contribution in [2.24, 2.45) is 18.4 Å². The lowest BCUT2D eigenvalue weighted by atomic mass is 9.92. The number of hydrogen-bond acceptors (Lipinski definition) is 4. The number of nitrogens with zero attached hydrogens (tertiary/aromatic N) is 4. The van der Waals surface area contributed by atoms with E-state index in [2.05, 4.69) is 34.2 Å². The Balaban J connectivity index is 1.83. The van der Waals surface area contributed by atoms with Gasteiger partial charge in [-0.1, -0.05) is 13.8 Å². The van der Waals surface area contributed by atoms with Gasteiger partial charge < -0.3 is 5.32 Å². The monoisotopic (exact) mass is 245 g/mol. The SMILES string of the molecule is CC(C)C1(CNc2ncnc3c2cnn3C)CC1. The van der Waals surface area contributed by atoms with Gasteiger partial charge in [-0.3, -0.25) is 4.68 Å². The molecule has 1 aliphatic rings. The van der Waals surface area contributed by atoms with Gasteiger partial charge in [-0.15, -0.1) is 0 Å². The summed E-state index contributed by atoms with van der Waals surface area (Å²) >= 11 is 0. The fourth-order valence-electron chi connectivity index (χ4n) is 2.48. The first-order valence-electron chi connectivity index (χ1n) is 6.49. The third-order valence-electron chi connectivity index (χ3n) is 4.25. The summed E-state index contributed by atoms with van der Waals surface area (Å²) in [6, 6.07) is 0. The summed E-state index contributed by atoms with van der Waals surface area (Å²) in [5.74, 6) is 1.62. The van der Waals surface area contributed by atoms with Gasteiger partial charge in [0.25, 0.3) is 0 Å². The van der Waals surface area contributed by atoms with Crippen molar-refractivity contribution in [3.05, 3.63) is 12.5 Å². The van der Waals surface area contributed by atoms with Gasteiger partial charge in [0.1, 0.15) is 12.1 Å². The first-order chi connectivity index (χ1) is 8.62. The molecule has 5 nitrogen and oxygen atoms in total. The molecule has 18 heavy (non-hydrogen) atoms. The highest BCUT2D eigenvalue weighted by atomic mass is 15.3. The average molecular weight is 245 g/mol. The Morgan fingerprint density at radius 3 is 2.83 bits per heavy atom. The molecule has 0 unspecified atom stereocenters. The third-order valence-corrected chi connectivity index (χ3v) is 4.25. The maximum Gasteiger partial charge on any atom is 0.163 e. The van der Waals surface area contributed by atoms with E-state index in [9.17, 15) is 0 Å². The summed E-state index contributed by atoms with van der Waals surface area (Å²) in [5.41, 5.74) is 1.35. The minimum absolute atomic E-state index is 0.472. The van der Waals surface area contributed by atoms with E-state index in [4.69, 9.17) is 0 Å². The van der Waals surface area contributed by atoms with Crippen molar-refractivity contribution < 1.29 is 0 Å². The molecule has 5 heteroatoms. The molecular weight excluding hydrogens is 226 g/mol. The zero-order valence-corrected chi connectivity index (χ0v) is 11.1. The molecule has 1 saturated carbocycles. The summed E-state index contributed by atoms with van der Waals surface area (Å²) in [6.07, 6.45) is 6.06. The van der Waals surface area contributed by atoms with Crippen LogP contribution >= 0.6 is 0 Å². The molecule has 0 saturated heterocycles. The van der Waals surface area contributed by atoms with Crippen LogP contribution < -0.4 is 5.32 Å². The summed E-state index contributed by atoms with van der Waals surface area (Å²) < 4.78 is 1.78. The number of aryl methyl sites for hydroxylation is 1. The van der Waals surface area contributed by atoms with Gasteiger partial charge >= 0.3 is 0 Å². The first kappa shape index (κ1) is 11.4. The largest absolute Gasteiger partial charge is 0.369 e. The summed E-state index contributed by atoms with van der Waals surface area (Å²) in [4.78, 5) is 8.58. The van der Waals surface area contributed by atoms with E-state index in [-0.39, 0.29) is 0 Å². The van der Waals surface area contributed by atoms with Crippen LogP contribution in [0.25, 0.3) is 11.0 Å². The molecule has 0 amide bonds. The number of hydrogen-bond donors (Lipinski definition) is 1. The van der Waals surface area contributed by atoms with Crippen molar-refractivity contribution >= 4 is 16.9 Å². The van der Waals surface area contributed by atoms with Gasteiger partial charge in [-0.05, 0) is 24.2 Å². The van der Waals surface area contributed by atoms with E-state index >= 15 is 0 Å². The zero-order valence-electron chi connectivity index (χ0n) is 11.1. The molecular formula is C13H19N5. The van der Waals surface area contributed by atoms with Crippen LogP contribution in [0.15, 0.2) is 12.5 Å². The molecule has 96 valence electrons. The summed E-state index contributed by atoms with van der Waals surface area (Å²) in [6.45, 7) is 5.59. The highest BCUT2D eigenvalue weighted by Crippen LogP contribution is 2.51. The smallest absolute Gasteiger partial charge is 0.163 e. The minimum Gasteiger partial charge on any atom is -0.369 e. The molecule has 0 radical (unpaired) electrons. The van der Waals surface area contributed by atoms with Crippen LogP contribution in [-0.4, -0.2) is 26.3 Å². The quantitative estimate of drug-likeness (QED) is 0.897. The maximum absolute atomic E-state index is 4.33. The predicted octanol–water partition coefficient (Wildman–Crippen LogP) is 2.21. The van der Waals surface area contributed by atoms with Crippen LogP contribution in [0.5, 0.6) is 0 Å². The zero-order chi connectivity index (χ0) is 12.8. The topological polar surface area (TPSA) is 55.6 Å². The Bertz CT molecular complexity index is 568. The second-order valence-electron chi connectivity index (χ2n) is 5.60. The molecule has 0 bridgehead atoms. The van der Waals surface area contributed by atoms with Crippen LogP contribution in [0, 0.1) is 11.3 Å². The average Bonchev–Trinajstić information content (AvgIpc) is 3.07. The lowest BCUT2D eigenvalue weighted by Gasteiger charge is -2.20. The van der Waals surface area contributed by atoms with Crippen molar-refractivity contribution in [3.8, 4) is 0 Å². The van der Waals surface area contributed by atoms with E-state index in [0.717, 1.165) is 29.3 Å². The molecule has 2 heterocycles. The van der Waals surface area contributed by atoms with Crippen LogP contribution in [0.4, 0.5) is 5.82 Å². The van der Waals surface area contributed by atoms with E-state index in [1.807, 2.05) is 13.2 Å². The van der Waals surface area contributed by atoms with Gasteiger partial charge in [-0.25, -0.2) is 9.97 Å². The Morgan fingerprint density at radius 1 is 1.39 bits per heavy atom. The van der Waals surface area contributed by atoms with Crippen LogP contribution in [0.1, 0.15) is 26.7 Å². The molecule has 2 aromatic rings. The van der Waals surface area contributed by atoms with Gasteiger partial charge in [0.15, 0.2) is 5.65 Å². The molecule has 0 aliphatic heterocycles. The fraction of sp³-hybridized carbons (Fsp3) is 0.615. The number of rotatable bonds is 4. The van der Waals surface area contributed by atoms with Crippen LogP contribution in [-0.2, 0) is 7.05 Å². The number of fused-ring (bicyclic) bond motifs is 1. The first-order valence-corrected chi connectivity index (χ1v) is 6.49. The van der Waals surface area contributed by atoms with Gasteiger partial charge in [0, 0.05) is 13.6 Å². The van der Waals surface area contributed by atoms with Gasteiger partial charge in [0.2, 0.25) is 0 Å². The predicted molar refractivity (Wildman–Crippen MR) is 71.3 cm³/mol. The second kappa shape index (κ2) is 3.93. The molecule has 0 aromatic carbocycles. The highest BCUT2D eigenvalue weighted by molar-refractivity contribution is 5.85. The fourth-order valence-corrected chi connectivity index (χ4v) is 2.48. The van der Waals surface area contributed by atoms with Gasteiger partial charge in [-0.2, -0.15) is 5.10 Å². The van der Waals surface area contributed by atoms with Crippen molar-refractivity contribution in [2.45, 2.75) is 26.7 Å². The molecule has 1 fully saturated rings. The molecule has 3 rings (SSSR count). The molecule has 1 N–H and O–H groups in total. The van der Waals surface area contributed by atoms with Crippen molar-refractivity contribution in [1.82, 2.24) is 19.7 Å². The summed E-state index contributed by atoms with van der Waals surface area (Å²) in [5, 5.41) is 8.71. The van der Waals surface area contributed by atoms with E-state index < -0.39 is 0 Å². The maximum atomic E-state index is 4.33. The summed E-state index contributed by atoms with van der Waals surface area (Å²) in [7, 11) is 1.90. The number of nitrogens with one attached hydrogen (secondary N) is 1. The Kier molecular flexibility index (Phi) is 2.50. The van der Waals surface area contributed by atoms with E-state index in [1.165, 1.54) is 12.8 Å². The molecule has 0 spiro atoms. The second-order valence-corrected chi connectivity index (χ2v) is 5.60. The van der Waals surface area contributed by atoms with Crippen molar-refractivity contribution in [3.63, 3.8) is 0 Å². The van der Waals surface area contributed by atoms with Gasteiger partial charge in [0.05, 0.1) is 11.6 Å². The normalized spacial score (nSPS) is 17.3. The lowest BCUT2D eigenvalue weighted by Crippen LogP contribution is -2.21. The number of anilines is 1. The van der Waals surface area contributed by atoms with E-state index in [0.29, 0.717) is 5.41 Å². The Hall–Kier alpha value is -1.65. The van der Waals surface area contributed by atoms with E-state index in [1.54, 1.807) is 11.0 Å². The standard InChI is InChI=1S/C13H19N5/c1-9(2)13(4-5-13)7-14-11-10-6-17-18(3)12(10)16-8-15-11/h6,8-9H,4-5,7H2,1-3H3,(H,14,15,16).